The number of rotatable bonds is 14. The third-order valence-electron chi connectivity index (χ3n) is 5.24. The Hall–Kier alpha value is -2.82. The van der Waals surface area contributed by atoms with Crippen molar-refractivity contribution >= 4 is 11.8 Å². The summed E-state index contributed by atoms with van der Waals surface area (Å²) in [4.78, 5) is 23.2. The summed E-state index contributed by atoms with van der Waals surface area (Å²) in [6.45, 7) is 3.35. The number of nitrogens with one attached hydrogen (secondary N) is 2. The van der Waals surface area contributed by atoms with Crippen LogP contribution in [0.3, 0.4) is 0 Å². The van der Waals surface area contributed by atoms with E-state index >= 15 is 0 Å². The summed E-state index contributed by atoms with van der Waals surface area (Å²) in [5.41, 5.74) is 3.79. The molecular formula is C26H36N2O3. The fourth-order valence-corrected chi connectivity index (χ4v) is 3.26. The summed E-state index contributed by atoms with van der Waals surface area (Å²) < 4.78 is 5.71. The molecule has 5 nitrogen and oxygen atoms in total. The van der Waals surface area contributed by atoms with Crippen LogP contribution in [-0.4, -0.2) is 32.0 Å². The number of unbranched alkanes of at least 4 members (excludes halogenated alkanes) is 2. The van der Waals surface area contributed by atoms with Crippen LogP contribution in [0.2, 0.25) is 0 Å². The van der Waals surface area contributed by atoms with Crippen LogP contribution in [-0.2, 0) is 22.4 Å². The number of ether oxygens (including phenoxy) is 1. The highest BCUT2D eigenvalue weighted by molar-refractivity contribution is 5.76. The van der Waals surface area contributed by atoms with Gasteiger partial charge in [0.25, 0.3) is 0 Å². The Labute approximate surface area is 186 Å². The van der Waals surface area contributed by atoms with E-state index in [4.69, 9.17) is 4.74 Å². The summed E-state index contributed by atoms with van der Waals surface area (Å²) in [6, 6.07) is 16.6. The number of hydrogen-bond donors (Lipinski definition) is 2. The van der Waals surface area contributed by atoms with Gasteiger partial charge in [-0.2, -0.15) is 0 Å². The van der Waals surface area contributed by atoms with E-state index < -0.39 is 0 Å². The van der Waals surface area contributed by atoms with Crippen LogP contribution in [0.15, 0.2) is 48.5 Å². The Kier molecular flexibility index (Phi) is 11.2. The molecule has 0 unspecified atom stereocenters. The lowest BCUT2D eigenvalue weighted by Crippen LogP contribution is -2.25. The normalized spacial score (nSPS) is 10.5. The molecular weight excluding hydrogens is 388 g/mol. The maximum absolute atomic E-state index is 12.0. The summed E-state index contributed by atoms with van der Waals surface area (Å²) >= 11 is 0. The van der Waals surface area contributed by atoms with E-state index in [2.05, 4.69) is 41.8 Å². The van der Waals surface area contributed by atoms with Crippen LogP contribution >= 0.6 is 0 Å². The van der Waals surface area contributed by atoms with Gasteiger partial charge in [0.1, 0.15) is 5.75 Å². The molecule has 0 fully saturated rings. The zero-order valence-electron chi connectivity index (χ0n) is 18.9. The molecule has 168 valence electrons. The average Bonchev–Trinajstić information content (AvgIpc) is 2.78. The summed E-state index contributed by atoms with van der Waals surface area (Å²) in [7, 11) is 1.65. The van der Waals surface area contributed by atoms with Gasteiger partial charge in [-0.15, -0.1) is 0 Å². The van der Waals surface area contributed by atoms with Gasteiger partial charge in [-0.25, -0.2) is 0 Å². The number of amides is 2. The third kappa shape index (κ3) is 10.7. The fourth-order valence-electron chi connectivity index (χ4n) is 3.26. The minimum absolute atomic E-state index is 0.0682. The largest absolute Gasteiger partial charge is 0.494 e. The summed E-state index contributed by atoms with van der Waals surface area (Å²) in [6.07, 6.45) is 6.57. The minimum atomic E-state index is 0.0682. The second kappa shape index (κ2) is 14.2. The van der Waals surface area contributed by atoms with E-state index in [0.717, 1.165) is 44.3 Å². The lowest BCUT2D eigenvalue weighted by molar-refractivity contribution is -0.121. The van der Waals surface area contributed by atoms with Crippen molar-refractivity contribution in [3.8, 4) is 5.75 Å². The van der Waals surface area contributed by atoms with Crippen molar-refractivity contribution in [2.45, 2.75) is 58.3 Å². The number of aryl methyl sites for hydroxylation is 2. The van der Waals surface area contributed by atoms with E-state index in [-0.39, 0.29) is 11.8 Å². The van der Waals surface area contributed by atoms with E-state index in [1.54, 1.807) is 7.05 Å². The summed E-state index contributed by atoms with van der Waals surface area (Å²) in [5.74, 6) is 1.03. The molecule has 2 aromatic rings. The molecule has 2 rings (SSSR count). The first kappa shape index (κ1) is 24.4. The first-order valence-corrected chi connectivity index (χ1v) is 11.3. The Bertz CT molecular complexity index is 785. The Morgan fingerprint density at radius 3 is 2.10 bits per heavy atom. The molecule has 2 amide bonds. The van der Waals surface area contributed by atoms with Crippen LogP contribution in [0.1, 0.15) is 55.2 Å². The van der Waals surface area contributed by atoms with Gasteiger partial charge in [-0.1, -0.05) is 42.0 Å². The SMILES string of the molecule is CNC(=O)CCCCOc1ccc(CCNC(=O)CCCCc2ccc(C)cc2)cc1. The van der Waals surface area contributed by atoms with Crippen LogP contribution in [0.25, 0.3) is 0 Å². The summed E-state index contributed by atoms with van der Waals surface area (Å²) in [5, 5.41) is 5.63. The number of hydrogen-bond acceptors (Lipinski definition) is 3. The van der Waals surface area contributed by atoms with Crippen molar-refractivity contribution in [3.63, 3.8) is 0 Å². The van der Waals surface area contributed by atoms with Gasteiger partial charge >= 0.3 is 0 Å². The lowest BCUT2D eigenvalue weighted by Gasteiger charge is -2.08. The van der Waals surface area contributed by atoms with Crippen LogP contribution in [0.4, 0.5) is 0 Å². The number of carbonyl (C=O) groups excluding carboxylic acids is 2. The third-order valence-corrected chi connectivity index (χ3v) is 5.24. The van der Waals surface area contributed by atoms with E-state index in [1.807, 2.05) is 24.3 Å². The van der Waals surface area contributed by atoms with Gasteiger partial charge in [0.15, 0.2) is 0 Å². The van der Waals surface area contributed by atoms with Crippen molar-refractivity contribution in [2.75, 3.05) is 20.2 Å². The Morgan fingerprint density at radius 2 is 1.39 bits per heavy atom. The second-order valence-electron chi connectivity index (χ2n) is 7.92. The Balaban J connectivity index is 1.52. The maximum atomic E-state index is 12.0. The van der Waals surface area contributed by atoms with Crippen molar-refractivity contribution in [3.05, 3.63) is 65.2 Å². The molecule has 0 atom stereocenters. The van der Waals surface area contributed by atoms with Crippen molar-refractivity contribution < 1.29 is 14.3 Å². The molecule has 2 N–H and O–H groups in total. The quantitative estimate of drug-likeness (QED) is 0.443. The topological polar surface area (TPSA) is 67.4 Å². The van der Waals surface area contributed by atoms with E-state index in [1.165, 1.54) is 16.7 Å². The molecule has 0 aliphatic rings. The molecule has 0 aliphatic carbocycles. The van der Waals surface area contributed by atoms with Gasteiger partial charge < -0.3 is 15.4 Å². The number of benzene rings is 2. The highest BCUT2D eigenvalue weighted by atomic mass is 16.5. The van der Waals surface area contributed by atoms with Gasteiger partial charge in [-0.3, -0.25) is 9.59 Å². The first-order valence-electron chi connectivity index (χ1n) is 11.3. The molecule has 31 heavy (non-hydrogen) atoms. The van der Waals surface area contributed by atoms with Gasteiger partial charge in [-0.05, 0) is 68.7 Å². The van der Waals surface area contributed by atoms with Crippen molar-refractivity contribution in [2.24, 2.45) is 0 Å². The molecule has 0 saturated carbocycles. The van der Waals surface area contributed by atoms with Gasteiger partial charge in [0.05, 0.1) is 6.61 Å². The van der Waals surface area contributed by atoms with Crippen molar-refractivity contribution in [1.82, 2.24) is 10.6 Å². The zero-order chi connectivity index (χ0) is 22.3. The van der Waals surface area contributed by atoms with E-state index in [0.29, 0.717) is 26.0 Å². The number of carbonyl (C=O) groups is 2. The van der Waals surface area contributed by atoms with Gasteiger partial charge in [0.2, 0.25) is 11.8 Å². The molecule has 0 aromatic heterocycles. The molecule has 0 spiro atoms. The van der Waals surface area contributed by atoms with Crippen LogP contribution < -0.4 is 15.4 Å². The maximum Gasteiger partial charge on any atom is 0.220 e. The first-order chi connectivity index (χ1) is 15.1. The lowest BCUT2D eigenvalue weighted by atomic mass is 10.1. The second-order valence-corrected chi connectivity index (χ2v) is 7.92. The van der Waals surface area contributed by atoms with Crippen molar-refractivity contribution in [1.29, 1.82) is 0 Å². The zero-order valence-corrected chi connectivity index (χ0v) is 18.9. The molecule has 0 heterocycles. The fraction of sp³-hybridized carbons (Fsp3) is 0.462. The van der Waals surface area contributed by atoms with Crippen LogP contribution in [0, 0.1) is 6.92 Å². The molecule has 0 bridgehead atoms. The average molecular weight is 425 g/mol. The molecule has 2 aromatic carbocycles. The molecule has 0 aliphatic heterocycles. The Morgan fingerprint density at radius 1 is 0.774 bits per heavy atom. The predicted molar refractivity (Wildman–Crippen MR) is 125 cm³/mol. The minimum Gasteiger partial charge on any atom is -0.494 e. The molecule has 0 radical (unpaired) electrons. The van der Waals surface area contributed by atoms with Gasteiger partial charge in [0, 0.05) is 26.4 Å². The monoisotopic (exact) mass is 424 g/mol. The standard InChI is InChI=1S/C26H36N2O3/c1-21-10-12-22(13-11-21)7-3-4-9-26(30)28-19-18-23-14-16-24(17-15-23)31-20-6-5-8-25(29)27-2/h10-17H,3-9,18-20H2,1-2H3,(H,27,29)(H,28,30). The highest BCUT2D eigenvalue weighted by Crippen LogP contribution is 2.13. The van der Waals surface area contributed by atoms with Crippen LogP contribution in [0.5, 0.6) is 5.75 Å². The predicted octanol–water partition coefficient (Wildman–Crippen LogP) is 4.36. The highest BCUT2D eigenvalue weighted by Gasteiger charge is 2.03. The molecule has 0 saturated heterocycles. The smallest absolute Gasteiger partial charge is 0.220 e. The molecule has 5 heteroatoms. The van der Waals surface area contributed by atoms with E-state index in [9.17, 15) is 9.59 Å².